The molecule has 0 saturated heterocycles. The summed E-state index contributed by atoms with van der Waals surface area (Å²) in [5.74, 6) is -0.525. The predicted molar refractivity (Wildman–Crippen MR) is 69.2 cm³/mol. The fourth-order valence-corrected chi connectivity index (χ4v) is 1.88. The van der Waals surface area contributed by atoms with Crippen LogP contribution in [0, 0.1) is 11.6 Å². The van der Waals surface area contributed by atoms with Gasteiger partial charge in [0, 0.05) is 6.54 Å². The molecule has 18 heavy (non-hydrogen) atoms. The Labute approximate surface area is 105 Å². The quantitative estimate of drug-likeness (QED) is 0.867. The first-order chi connectivity index (χ1) is 8.70. The van der Waals surface area contributed by atoms with Crippen molar-refractivity contribution in [2.45, 2.75) is 13.5 Å². The summed E-state index contributed by atoms with van der Waals surface area (Å²) >= 11 is 0. The number of hydrogen-bond donors (Lipinski definition) is 1. The van der Waals surface area contributed by atoms with Crippen LogP contribution in [0.15, 0.2) is 42.5 Å². The van der Waals surface area contributed by atoms with Crippen molar-refractivity contribution in [3.05, 3.63) is 59.7 Å². The van der Waals surface area contributed by atoms with Crippen molar-refractivity contribution in [2.24, 2.45) is 0 Å². The van der Waals surface area contributed by atoms with Crippen molar-refractivity contribution in [2.75, 3.05) is 6.54 Å². The summed E-state index contributed by atoms with van der Waals surface area (Å²) in [6.07, 6.45) is 0. The van der Waals surface area contributed by atoms with Crippen LogP contribution in [0.3, 0.4) is 0 Å². The van der Waals surface area contributed by atoms with E-state index >= 15 is 0 Å². The van der Waals surface area contributed by atoms with E-state index in [4.69, 9.17) is 0 Å². The summed E-state index contributed by atoms with van der Waals surface area (Å²) in [6.45, 7) is 3.41. The van der Waals surface area contributed by atoms with Gasteiger partial charge in [0.05, 0.1) is 0 Å². The molecule has 0 heterocycles. The molecule has 0 atom stereocenters. The van der Waals surface area contributed by atoms with Crippen LogP contribution in [-0.4, -0.2) is 6.54 Å². The van der Waals surface area contributed by atoms with Crippen LogP contribution in [0.25, 0.3) is 11.1 Å². The lowest BCUT2D eigenvalue weighted by Gasteiger charge is -2.10. The van der Waals surface area contributed by atoms with Crippen molar-refractivity contribution in [3.8, 4) is 11.1 Å². The second-order valence-corrected chi connectivity index (χ2v) is 4.09. The smallest absolute Gasteiger partial charge is 0.123 e. The Hall–Kier alpha value is -1.74. The first kappa shape index (κ1) is 12.7. The SMILES string of the molecule is CCNCc1cc(F)ccc1-c1ccc(F)cc1. The van der Waals surface area contributed by atoms with Gasteiger partial charge < -0.3 is 5.32 Å². The Morgan fingerprint density at radius 3 is 2.28 bits per heavy atom. The number of rotatable bonds is 4. The fourth-order valence-electron chi connectivity index (χ4n) is 1.88. The Morgan fingerprint density at radius 2 is 1.61 bits per heavy atom. The molecule has 2 aromatic rings. The van der Waals surface area contributed by atoms with E-state index in [-0.39, 0.29) is 11.6 Å². The maximum atomic E-state index is 13.3. The highest BCUT2D eigenvalue weighted by molar-refractivity contribution is 5.67. The molecular weight excluding hydrogens is 232 g/mol. The van der Waals surface area contributed by atoms with E-state index in [0.29, 0.717) is 6.54 Å². The summed E-state index contributed by atoms with van der Waals surface area (Å²) in [5, 5.41) is 3.17. The van der Waals surface area contributed by atoms with E-state index in [2.05, 4.69) is 5.32 Å². The van der Waals surface area contributed by atoms with Gasteiger partial charge in [0.2, 0.25) is 0 Å². The normalized spacial score (nSPS) is 10.6. The standard InChI is InChI=1S/C15H15F2N/c1-2-18-10-12-9-14(17)7-8-15(12)11-3-5-13(16)6-4-11/h3-9,18H,2,10H2,1H3. The molecule has 0 bridgehead atoms. The number of halogens is 2. The summed E-state index contributed by atoms with van der Waals surface area (Å²) in [4.78, 5) is 0. The molecule has 0 aliphatic carbocycles. The van der Waals surface area contributed by atoms with Gasteiger partial charge in [-0.3, -0.25) is 0 Å². The van der Waals surface area contributed by atoms with Crippen molar-refractivity contribution in [1.82, 2.24) is 5.32 Å². The summed E-state index contributed by atoms with van der Waals surface area (Å²) in [7, 11) is 0. The molecule has 2 aromatic carbocycles. The average Bonchev–Trinajstić information content (AvgIpc) is 2.38. The predicted octanol–water partition coefficient (Wildman–Crippen LogP) is 3.74. The fraction of sp³-hybridized carbons (Fsp3) is 0.200. The Bertz CT molecular complexity index is 521. The van der Waals surface area contributed by atoms with Gasteiger partial charge in [-0.1, -0.05) is 25.1 Å². The summed E-state index contributed by atoms with van der Waals surface area (Å²) < 4.78 is 26.2. The Kier molecular flexibility index (Phi) is 4.05. The molecule has 0 fully saturated rings. The minimum atomic E-state index is -0.269. The van der Waals surface area contributed by atoms with Gasteiger partial charge in [0.15, 0.2) is 0 Å². The summed E-state index contributed by atoms with van der Waals surface area (Å²) in [6, 6.07) is 10.9. The molecule has 0 spiro atoms. The second kappa shape index (κ2) is 5.74. The molecule has 0 unspecified atom stereocenters. The molecule has 0 saturated carbocycles. The number of benzene rings is 2. The van der Waals surface area contributed by atoms with E-state index < -0.39 is 0 Å². The zero-order valence-corrected chi connectivity index (χ0v) is 10.2. The van der Waals surface area contributed by atoms with E-state index in [0.717, 1.165) is 23.2 Å². The molecule has 2 rings (SSSR count). The van der Waals surface area contributed by atoms with Gasteiger partial charge in [-0.05, 0) is 47.5 Å². The largest absolute Gasteiger partial charge is 0.313 e. The van der Waals surface area contributed by atoms with Gasteiger partial charge in [0.25, 0.3) is 0 Å². The monoisotopic (exact) mass is 247 g/mol. The molecule has 1 nitrogen and oxygen atoms in total. The van der Waals surface area contributed by atoms with Crippen molar-refractivity contribution in [1.29, 1.82) is 0 Å². The van der Waals surface area contributed by atoms with Gasteiger partial charge in [-0.2, -0.15) is 0 Å². The minimum absolute atomic E-state index is 0.256. The third kappa shape index (κ3) is 2.93. The highest BCUT2D eigenvalue weighted by Crippen LogP contribution is 2.24. The van der Waals surface area contributed by atoms with Crippen LogP contribution in [0.5, 0.6) is 0 Å². The van der Waals surface area contributed by atoms with E-state index in [1.165, 1.54) is 24.3 Å². The van der Waals surface area contributed by atoms with E-state index in [9.17, 15) is 8.78 Å². The molecule has 1 N–H and O–H groups in total. The summed E-state index contributed by atoms with van der Waals surface area (Å²) in [5.41, 5.74) is 2.70. The van der Waals surface area contributed by atoms with Crippen LogP contribution in [0.4, 0.5) is 8.78 Å². The first-order valence-corrected chi connectivity index (χ1v) is 5.96. The highest BCUT2D eigenvalue weighted by Gasteiger charge is 2.06. The van der Waals surface area contributed by atoms with Crippen molar-refractivity contribution >= 4 is 0 Å². The van der Waals surface area contributed by atoms with Gasteiger partial charge in [-0.25, -0.2) is 8.78 Å². The van der Waals surface area contributed by atoms with Crippen molar-refractivity contribution < 1.29 is 8.78 Å². The van der Waals surface area contributed by atoms with Crippen LogP contribution in [-0.2, 0) is 6.54 Å². The number of nitrogens with one attached hydrogen (secondary N) is 1. The van der Waals surface area contributed by atoms with Gasteiger partial charge >= 0.3 is 0 Å². The second-order valence-electron chi connectivity index (χ2n) is 4.09. The van der Waals surface area contributed by atoms with Crippen molar-refractivity contribution in [3.63, 3.8) is 0 Å². The molecule has 94 valence electrons. The maximum Gasteiger partial charge on any atom is 0.123 e. The lowest BCUT2D eigenvalue weighted by molar-refractivity contribution is 0.622. The zero-order chi connectivity index (χ0) is 13.0. The maximum absolute atomic E-state index is 13.3. The van der Waals surface area contributed by atoms with Crippen LogP contribution in [0.1, 0.15) is 12.5 Å². The molecule has 0 aliphatic heterocycles. The van der Waals surface area contributed by atoms with Crippen LogP contribution < -0.4 is 5.32 Å². The van der Waals surface area contributed by atoms with Crippen LogP contribution in [0.2, 0.25) is 0 Å². The lowest BCUT2D eigenvalue weighted by Crippen LogP contribution is -2.12. The molecule has 0 aromatic heterocycles. The third-order valence-corrected chi connectivity index (χ3v) is 2.79. The van der Waals surface area contributed by atoms with E-state index in [1.807, 2.05) is 6.92 Å². The topological polar surface area (TPSA) is 12.0 Å². The first-order valence-electron chi connectivity index (χ1n) is 5.96. The highest BCUT2D eigenvalue weighted by atomic mass is 19.1. The molecule has 0 radical (unpaired) electrons. The third-order valence-electron chi connectivity index (χ3n) is 2.79. The average molecular weight is 247 g/mol. The molecule has 0 aliphatic rings. The van der Waals surface area contributed by atoms with Crippen LogP contribution >= 0.6 is 0 Å². The minimum Gasteiger partial charge on any atom is -0.313 e. The van der Waals surface area contributed by atoms with E-state index in [1.54, 1.807) is 18.2 Å². The number of hydrogen-bond acceptors (Lipinski definition) is 1. The molecule has 3 heteroatoms. The zero-order valence-electron chi connectivity index (χ0n) is 10.2. The molecule has 0 amide bonds. The Morgan fingerprint density at radius 1 is 0.944 bits per heavy atom. The lowest BCUT2D eigenvalue weighted by atomic mass is 9.99. The molecular formula is C15H15F2N. The van der Waals surface area contributed by atoms with Gasteiger partial charge in [0.1, 0.15) is 11.6 Å². The Balaban J connectivity index is 2.39. The van der Waals surface area contributed by atoms with Gasteiger partial charge in [-0.15, -0.1) is 0 Å².